The van der Waals surface area contributed by atoms with Crippen LogP contribution in [-0.4, -0.2) is 23.8 Å². The van der Waals surface area contributed by atoms with Crippen molar-refractivity contribution in [3.63, 3.8) is 0 Å². The Labute approximate surface area is 148 Å². The van der Waals surface area contributed by atoms with Crippen molar-refractivity contribution in [2.45, 2.75) is 31.9 Å². The zero-order chi connectivity index (χ0) is 17.5. The van der Waals surface area contributed by atoms with Crippen molar-refractivity contribution in [1.82, 2.24) is 5.32 Å². The van der Waals surface area contributed by atoms with Gasteiger partial charge >= 0.3 is 6.03 Å². The molecule has 1 aliphatic carbocycles. The highest BCUT2D eigenvalue weighted by atomic mass is 16.5. The van der Waals surface area contributed by atoms with E-state index < -0.39 is 0 Å². The Hall–Kier alpha value is -2.53. The second-order valence-corrected chi connectivity index (χ2v) is 6.31. The second kappa shape index (κ2) is 8.53. The van der Waals surface area contributed by atoms with E-state index in [4.69, 9.17) is 9.84 Å². The molecule has 0 heterocycles. The maximum absolute atomic E-state index is 12.3. The van der Waals surface area contributed by atoms with Gasteiger partial charge in [0, 0.05) is 23.9 Å². The molecule has 1 atom stereocenters. The third-order valence-corrected chi connectivity index (χ3v) is 4.35. The maximum atomic E-state index is 12.3. The average Bonchev–Trinajstić information content (AvgIpc) is 3.47. The van der Waals surface area contributed by atoms with E-state index in [0.29, 0.717) is 18.9 Å². The van der Waals surface area contributed by atoms with E-state index in [-0.39, 0.29) is 18.7 Å². The van der Waals surface area contributed by atoms with Crippen molar-refractivity contribution in [3.8, 4) is 5.75 Å². The van der Waals surface area contributed by atoms with Crippen LogP contribution in [0.15, 0.2) is 54.6 Å². The number of carbonyl (C=O) groups excluding carboxylic acids is 1. The van der Waals surface area contributed by atoms with Gasteiger partial charge in [-0.2, -0.15) is 0 Å². The molecule has 0 radical (unpaired) electrons. The molecular weight excluding hydrogens is 316 g/mol. The number of hydrogen-bond acceptors (Lipinski definition) is 3. The van der Waals surface area contributed by atoms with E-state index in [1.165, 1.54) is 0 Å². The van der Waals surface area contributed by atoms with Crippen LogP contribution >= 0.6 is 0 Å². The lowest BCUT2D eigenvalue weighted by Crippen LogP contribution is -2.40. The number of anilines is 1. The summed E-state index contributed by atoms with van der Waals surface area (Å²) in [4.78, 5) is 12.3. The number of benzene rings is 2. The largest absolute Gasteiger partial charge is 0.489 e. The van der Waals surface area contributed by atoms with Crippen molar-refractivity contribution in [2.24, 2.45) is 5.92 Å². The minimum atomic E-state index is -0.238. The Kier molecular flexibility index (Phi) is 5.90. The molecule has 0 saturated heterocycles. The molecule has 0 bridgehead atoms. The minimum Gasteiger partial charge on any atom is -0.489 e. The zero-order valence-corrected chi connectivity index (χ0v) is 14.2. The first-order chi connectivity index (χ1) is 12.3. The summed E-state index contributed by atoms with van der Waals surface area (Å²) in [6, 6.07) is 17.0. The molecular formula is C20H24N2O3. The van der Waals surface area contributed by atoms with E-state index in [0.717, 1.165) is 29.8 Å². The van der Waals surface area contributed by atoms with Crippen LogP contribution in [0.4, 0.5) is 10.5 Å². The predicted octanol–water partition coefficient (Wildman–Crippen LogP) is 3.55. The molecule has 2 amide bonds. The number of para-hydroxylation sites is 2. The van der Waals surface area contributed by atoms with Crippen LogP contribution in [0.1, 0.15) is 24.8 Å². The van der Waals surface area contributed by atoms with Gasteiger partial charge in [0.1, 0.15) is 12.4 Å². The molecule has 25 heavy (non-hydrogen) atoms. The fourth-order valence-corrected chi connectivity index (χ4v) is 2.84. The van der Waals surface area contributed by atoms with Crippen molar-refractivity contribution in [2.75, 3.05) is 11.9 Å². The van der Waals surface area contributed by atoms with Crippen LogP contribution in [0.25, 0.3) is 0 Å². The Balaban J connectivity index is 1.59. The number of hydrogen-bond donors (Lipinski definition) is 3. The van der Waals surface area contributed by atoms with Crippen LogP contribution in [0.5, 0.6) is 5.75 Å². The van der Waals surface area contributed by atoms with Gasteiger partial charge in [0.2, 0.25) is 0 Å². The van der Waals surface area contributed by atoms with E-state index in [9.17, 15) is 4.79 Å². The topological polar surface area (TPSA) is 70.6 Å². The Morgan fingerprint density at radius 2 is 1.84 bits per heavy atom. The number of aliphatic hydroxyl groups excluding tert-OH is 1. The summed E-state index contributed by atoms with van der Waals surface area (Å²) in [7, 11) is 0. The van der Waals surface area contributed by atoms with Crippen LogP contribution in [-0.2, 0) is 6.61 Å². The molecule has 0 aromatic heterocycles. The van der Waals surface area contributed by atoms with E-state index >= 15 is 0 Å². The standard InChI is InChI=1S/C20H24N2O3/c23-13-12-19(15-10-11-15)22-20(24)21-18-9-5-4-6-16(18)14-25-17-7-2-1-3-8-17/h1-9,15,19,23H,10-14H2,(H2,21,22,24)/t19-/m1/s1. The summed E-state index contributed by atoms with van der Waals surface area (Å²) in [5, 5.41) is 15.0. The second-order valence-electron chi connectivity index (χ2n) is 6.31. The quantitative estimate of drug-likeness (QED) is 0.688. The summed E-state index contributed by atoms with van der Waals surface area (Å²) >= 11 is 0. The van der Waals surface area contributed by atoms with Gasteiger partial charge in [0.25, 0.3) is 0 Å². The first-order valence-corrected chi connectivity index (χ1v) is 8.70. The van der Waals surface area contributed by atoms with Gasteiger partial charge < -0.3 is 20.5 Å². The van der Waals surface area contributed by atoms with Gasteiger partial charge in [-0.3, -0.25) is 0 Å². The summed E-state index contributed by atoms with van der Waals surface area (Å²) in [6.07, 6.45) is 2.83. The molecule has 3 N–H and O–H groups in total. The number of rotatable bonds is 8. The van der Waals surface area contributed by atoms with Crippen LogP contribution in [0, 0.1) is 5.92 Å². The molecule has 1 aliphatic rings. The number of amides is 2. The predicted molar refractivity (Wildman–Crippen MR) is 97.6 cm³/mol. The van der Waals surface area contributed by atoms with Crippen LogP contribution < -0.4 is 15.4 Å². The van der Waals surface area contributed by atoms with Crippen molar-refractivity contribution in [3.05, 3.63) is 60.2 Å². The Morgan fingerprint density at radius 1 is 1.12 bits per heavy atom. The number of aliphatic hydroxyl groups is 1. The van der Waals surface area contributed by atoms with Crippen molar-refractivity contribution in [1.29, 1.82) is 0 Å². The van der Waals surface area contributed by atoms with Crippen LogP contribution in [0.2, 0.25) is 0 Å². The van der Waals surface area contributed by atoms with Crippen molar-refractivity contribution >= 4 is 11.7 Å². The first-order valence-electron chi connectivity index (χ1n) is 8.70. The Bertz CT molecular complexity index is 686. The maximum Gasteiger partial charge on any atom is 0.319 e. The molecule has 1 fully saturated rings. The normalized spacial score (nSPS) is 14.6. The van der Waals surface area contributed by atoms with Gasteiger partial charge in [-0.05, 0) is 43.4 Å². The highest BCUT2D eigenvalue weighted by Crippen LogP contribution is 2.34. The smallest absolute Gasteiger partial charge is 0.319 e. The number of carbonyl (C=O) groups is 1. The molecule has 0 aliphatic heterocycles. The zero-order valence-electron chi connectivity index (χ0n) is 14.2. The van der Waals surface area contributed by atoms with Gasteiger partial charge in [0.05, 0.1) is 0 Å². The molecule has 0 unspecified atom stereocenters. The summed E-state index contributed by atoms with van der Waals surface area (Å²) < 4.78 is 5.78. The van der Waals surface area contributed by atoms with Crippen LogP contribution in [0.3, 0.4) is 0 Å². The number of nitrogens with one attached hydrogen (secondary N) is 2. The average molecular weight is 340 g/mol. The molecule has 132 valence electrons. The molecule has 2 aromatic rings. The highest BCUT2D eigenvalue weighted by molar-refractivity contribution is 5.90. The molecule has 5 heteroatoms. The molecule has 3 rings (SSSR count). The lowest BCUT2D eigenvalue weighted by molar-refractivity contribution is 0.234. The fourth-order valence-electron chi connectivity index (χ4n) is 2.84. The van der Waals surface area contributed by atoms with E-state index in [1.54, 1.807) is 0 Å². The molecule has 5 nitrogen and oxygen atoms in total. The highest BCUT2D eigenvalue weighted by Gasteiger charge is 2.31. The fraction of sp³-hybridized carbons (Fsp3) is 0.350. The third-order valence-electron chi connectivity index (χ3n) is 4.35. The minimum absolute atomic E-state index is 0.0396. The van der Waals surface area contributed by atoms with Gasteiger partial charge in [-0.1, -0.05) is 36.4 Å². The third kappa shape index (κ3) is 5.22. The summed E-state index contributed by atoms with van der Waals surface area (Å²) in [5.74, 6) is 1.29. The lowest BCUT2D eigenvalue weighted by Gasteiger charge is -2.18. The SMILES string of the molecule is O=C(Nc1ccccc1COc1ccccc1)N[C@H](CCO)C1CC1. The summed E-state index contributed by atoms with van der Waals surface area (Å²) in [6.45, 7) is 0.464. The first kappa shape index (κ1) is 17.3. The number of urea groups is 1. The molecule has 2 aromatic carbocycles. The van der Waals surface area contributed by atoms with E-state index in [1.807, 2.05) is 54.6 Å². The Morgan fingerprint density at radius 3 is 2.56 bits per heavy atom. The van der Waals surface area contributed by atoms with Gasteiger partial charge in [-0.15, -0.1) is 0 Å². The lowest BCUT2D eigenvalue weighted by atomic mass is 10.1. The van der Waals surface area contributed by atoms with Gasteiger partial charge in [0.15, 0.2) is 0 Å². The molecule has 1 saturated carbocycles. The van der Waals surface area contributed by atoms with Crippen molar-refractivity contribution < 1.29 is 14.6 Å². The molecule has 0 spiro atoms. The van der Waals surface area contributed by atoms with E-state index in [2.05, 4.69) is 10.6 Å². The monoisotopic (exact) mass is 340 g/mol. The number of ether oxygens (including phenoxy) is 1. The summed E-state index contributed by atoms with van der Waals surface area (Å²) in [5.41, 5.74) is 1.64. The van der Waals surface area contributed by atoms with Gasteiger partial charge in [-0.25, -0.2) is 4.79 Å².